The first-order valence-corrected chi connectivity index (χ1v) is 0. The Labute approximate surface area is 93.5 Å². The third-order valence-electron chi connectivity index (χ3n) is 0. The molecule has 8 heteroatoms. The first kappa shape index (κ1) is 244. The molecule has 12 N–H and O–H groups in total. The molecule has 0 aromatic heterocycles. The standard InChI is InChI=1S/Ca.HI.6H2O.2H/h;1H;6*1H2;;. The fourth-order valence-electron chi connectivity index (χ4n) is 0. The van der Waals surface area contributed by atoms with Gasteiger partial charge in [0.15, 0.2) is 0 Å². The molecular weight excluding hydrogens is 263 g/mol. The van der Waals surface area contributed by atoms with Crippen molar-refractivity contribution in [1.29, 1.82) is 0 Å². The van der Waals surface area contributed by atoms with Gasteiger partial charge in [-0.3, -0.25) is 0 Å². The summed E-state index contributed by atoms with van der Waals surface area (Å²) in [6.07, 6.45) is 0. The maximum absolute atomic E-state index is 0. The summed E-state index contributed by atoms with van der Waals surface area (Å²) in [5.74, 6) is 0. The molecule has 0 fully saturated rings. The van der Waals surface area contributed by atoms with Gasteiger partial charge in [0.2, 0.25) is 0 Å². The number of hydrogen-bond acceptors (Lipinski definition) is 0. The molecular formula is H15CaIO6. The van der Waals surface area contributed by atoms with Crippen LogP contribution in [0.4, 0.5) is 0 Å². The second kappa shape index (κ2) is 172. The van der Waals surface area contributed by atoms with E-state index >= 15 is 0 Å². The molecule has 0 heterocycles. The zero-order valence-corrected chi connectivity index (χ0v) is 5.74. The molecule has 0 amide bonds. The molecule has 0 aromatic rings. The summed E-state index contributed by atoms with van der Waals surface area (Å²) in [6, 6.07) is 0. The van der Waals surface area contributed by atoms with Gasteiger partial charge in [-0.15, -0.1) is 24.0 Å². The van der Waals surface area contributed by atoms with E-state index in [2.05, 4.69) is 0 Å². The van der Waals surface area contributed by atoms with E-state index in [1.165, 1.54) is 0 Å². The molecule has 0 rings (SSSR count). The molecule has 0 aliphatic carbocycles. The van der Waals surface area contributed by atoms with Crippen molar-refractivity contribution in [2.75, 3.05) is 0 Å². The molecule has 0 saturated carbocycles. The van der Waals surface area contributed by atoms with E-state index in [0.717, 1.165) is 0 Å². The molecule has 0 atom stereocenters. The molecule has 0 radical (unpaired) electrons. The normalized spacial score (nSPS) is 0. The summed E-state index contributed by atoms with van der Waals surface area (Å²) in [5.41, 5.74) is 0. The second-order valence-electron chi connectivity index (χ2n) is 0. The van der Waals surface area contributed by atoms with Gasteiger partial charge in [-0.25, -0.2) is 0 Å². The Morgan fingerprint density at radius 2 is 0.375 bits per heavy atom. The van der Waals surface area contributed by atoms with Crippen molar-refractivity contribution < 1.29 is 32.9 Å². The van der Waals surface area contributed by atoms with Crippen molar-refractivity contribution in [3.05, 3.63) is 0 Å². The fourth-order valence-corrected chi connectivity index (χ4v) is 0. The van der Waals surface area contributed by atoms with Crippen LogP contribution in [-0.4, -0.2) is 70.6 Å². The topological polar surface area (TPSA) is 189 Å². The van der Waals surface area contributed by atoms with Crippen LogP contribution < -0.4 is 0 Å². The van der Waals surface area contributed by atoms with E-state index < -0.39 is 0 Å². The first-order chi connectivity index (χ1) is 0. The maximum atomic E-state index is 0. The van der Waals surface area contributed by atoms with Gasteiger partial charge in [0.25, 0.3) is 0 Å². The first-order valence-electron chi connectivity index (χ1n) is 0. The summed E-state index contributed by atoms with van der Waals surface area (Å²) in [5, 5.41) is 0. The van der Waals surface area contributed by atoms with Gasteiger partial charge in [0.1, 0.15) is 0 Å². The van der Waals surface area contributed by atoms with Crippen molar-refractivity contribution >= 4 is 61.7 Å². The van der Waals surface area contributed by atoms with Crippen molar-refractivity contribution in [1.82, 2.24) is 0 Å². The van der Waals surface area contributed by atoms with Crippen molar-refractivity contribution in [3.8, 4) is 0 Å². The van der Waals surface area contributed by atoms with Crippen LogP contribution >= 0.6 is 24.0 Å². The van der Waals surface area contributed by atoms with Gasteiger partial charge in [0, 0.05) is 0 Å². The van der Waals surface area contributed by atoms with E-state index in [4.69, 9.17) is 0 Å². The van der Waals surface area contributed by atoms with E-state index in [1.807, 2.05) is 0 Å². The Bertz CT molecular complexity index is 8.49. The molecule has 60 valence electrons. The molecule has 8 heavy (non-hydrogen) atoms. The molecule has 0 spiro atoms. The summed E-state index contributed by atoms with van der Waals surface area (Å²) in [7, 11) is 0. The average Bonchev–Trinajstić information content (AvgIpc) is 0. The number of halogens is 1. The van der Waals surface area contributed by atoms with Crippen LogP contribution in [0, 0.1) is 0 Å². The zero-order chi connectivity index (χ0) is 0. The van der Waals surface area contributed by atoms with Crippen molar-refractivity contribution in [3.63, 3.8) is 0 Å². The van der Waals surface area contributed by atoms with E-state index in [0.29, 0.717) is 0 Å². The van der Waals surface area contributed by atoms with Crippen LogP contribution in [0.3, 0.4) is 0 Å². The van der Waals surface area contributed by atoms with Crippen molar-refractivity contribution in [2.24, 2.45) is 0 Å². The Morgan fingerprint density at radius 3 is 0.375 bits per heavy atom. The third-order valence-corrected chi connectivity index (χ3v) is 0. The van der Waals surface area contributed by atoms with E-state index in [1.54, 1.807) is 0 Å². The Balaban J connectivity index is 0. The van der Waals surface area contributed by atoms with Gasteiger partial charge < -0.3 is 32.9 Å². The zero-order valence-electron chi connectivity index (χ0n) is 3.41. The van der Waals surface area contributed by atoms with Gasteiger partial charge >= 0.3 is 37.7 Å². The second-order valence-corrected chi connectivity index (χ2v) is 0. The fraction of sp³-hybridized carbons (Fsp3) is 0. The summed E-state index contributed by atoms with van der Waals surface area (Å²) in [6.45, 7) is 0. The monoisotopic (exact) mass is 278 g/mol. The van der Waals surface area contributed by atoms with E-state index in [9.17, 15) is 0 Å². The summed E-state index contributed by atoms with van der Waals surface area (Å²) in [4.78, 5) is 0. The summed E-state index contributed by atoms with van der Waals surface area (Å²) >= 11 is 0. The molecule has 0 unspecified atom stereocenters. The number of rotatable bonds is 0. The quantitative estimate of drug-likeness (QED) is 0.302. The molecule has 0 aliphatic rings. The van der Waals surface area contributed by atoms with Gasteiger partial charge in [-0.2, -0.15) is 0 Å². The Hall–Kier alpha value is 1.75. The van der Waals surface area contributed by atoms with E-state index in [-0.39, 0.29) is 94.6 Å². The molecule has 0 aliphatic heterocycles. The number of hydrogen-bond donors (Lipinski definition) is 0. The minimum absolute atomic E-state index is 0. The molecule has 0 bridgehead atoms. The average molecular weight is 278 g/mol. The minimum atomic E-state index is 0. The van der Waals surface area contributed by atoms with Gasteiger partial charge in [-0.1, -0.05) is 0 Å². The van der Waals surface area contributed by atoms with Crippen LogP contribution in [0.1, 0.15) is 0 Å². The van der Waals surface area contributed by atoms with Gasteiger partial charge in [0.05, 0.1) is 0 Å². The summed E-state index contributed by atoms with van der Waals surface area (Å²) < 4.78 is 0. The van der Waals surface area contributed by atoms with Crippen LogP contribution in [0.2, 0.25) is 0 Å². The molecule has 0 saturated heterocycles. The third kappa shape index (κ3) is 115. The SMILES string of the molecule is I.O.O.O.O.O.O.[CaH2]. The molecule has 0 aromatic carbocycles. The Morgan fingerprint density at radius 1 is 0.375 bits per heavy atom. The van der Waals surface area contributed by atoms with Crippen LogP contribution in [0.5, 0.6) is 0 Å². The predicted octanol–water partition coefficient (Wildman–Crippen LogP) is -5.25. The predicted molar refractivity (Wildman–Crippen MR) is 45.6 cm³/mol. The Kier molecular flexibility index (Phi) is 5230. The van der Waals surface area contributed by atoms with Crippen LogP contribution in [0.15, 0.2) is 0 Å². The van der Waals surface area contributed by atoms with Crippen molar-refractivity contribution in [2.45, 2.75) is 0 Å². The molecule has 6 nitrogen and oxygen atoms in total. The van der Waals surface area contributed by atoms with Gasteiger partial charge in [-0.05, 0) is 0 Å². The van der Waals surface area contributed by atoms with Crippen LogP contribution in [-0.2, 0) is 0 Å². The van der Waals surface area contributed by atoms with Crippen LogP contribution in [0.25, 0.3) is 0 Å².